The van der Waals surface area contributed by atoms with Crippen LogP contribution in [-0.2, 0) is 0 Å². The third-order valence-corrected chi connectivity index (χ3v) is 5.13. The molecule has 1 N–H and O–H groups in total. The van der Waals surface area contributed by atoms with Crippen LogP contribution < -0.4 is 10.2 Å². The minimum absolute atomic E-state index is 0.0752. The van der Waals surface area contributed by atoms with E-state index in [1.54, 1.807) is 12.4 Å². The lowest BCUT2D eigenvalue weighted by molar-refractivity contribution is 0.0717. The Hall–Kier alpha value is -3.94. The first kappa shape index (κ1) is 18.1. The first-order valence-electron chi connectivity index (χ1n) is 9.80. The van der Waals surface area contributed by atoms with Gasteiger partial charge < -0.3 is 19.5 Å². The predicted molar refractivity (Wildman–Crippen MR) is 114 cm³/mol. The molecule has 0 bridgehead atoms. The lowest BCUT2D eigenvalue weighted by atomic mass is 10.2. The molecular weight excluding hydrogens is 380 g/mol. The zero-order chi connectivity index (χ0) is 20.3. The molecule has 0 saturated carbocycles. The molecule has 4 heterocycles. The van der Waals surface area contributed by atoms with Crippen LogP contribution in [0, 0.1) is 0 Å². The molecule has 1 aliphatic heterocycles. The Morgan fingerprint density at radius 3 is 2.47 bits per heavy atom. The lowest BCUT2D eigenvalue weighted by Gasteiger charge is -2.34. The van der Waals surface area contributed by atoms with Crippen molar-refractivity contribution < 1.29 is 9.21 Å². The SMILES string of the molecule is O=C(c1cc2ccccc2o1)N1CCN(c2ccc(Nc3ccncc3)nn2)CC1. The number of carbonyl (C=O) groups is 1. The average molecular weight is 400 g/mol. The molecule has 4 aromatic rings. The summed E-state index contributed by atoms with van der Waals surface area (Å²) >= 11 is 0. The zero-order valence-corrected chi connectivity index (χ0v) is 16.2. The summed E-state index contributed by atoms with van der Waals surface area (Å²) in [6, 6.07) is 17.0. The van der Waals surface area contributed by atoms with Crippen molar-refractivity contribution in [3.63, 3.8) is 0 Å². The van der Waals surface area contributed by atoms with Gasteiger partial charge >= 0.3 is 0 Å². The Labute approximate surface area is 173 Å². The summed E-state index contributed by atoms with van der Waals surface area (Å²) in [5, 5.41) is 12.7. The third-order valence-electron chi connectivity index (χ3n) is 5.13. The molecule has 30 heavy (non-hydrogen) atoms. The van der Waals surface area contributed by atoms with Crippen molar-refractivity contribution in [2.75, 3.05) is 36.4 Å². The molecule has 1 fully saturated rings. The number of rotatable bonds is 4. The number of fused-ring (bicyclic) bond motifs is 1. The Balaban J connectivity index is 1.20. The fourth-order valence-corrected chi connectivity index (χ4v) is 3.53. The molecule has 0 aliphatic carbocycles. The molecule has 1 aromatic carbocycles. The maximum atomic E-state index is 12.8. The molecule has 8 heteroatoms. The van der Waals surface area contributed by atoms with Crippen LogP contribution in [0.15, 0.2) is 71.4 Å². The van der Waals surface area contributed by atoms with Crippen LogP contribution in [0.5, 0.6) is 0 Å². The van der Waals surface area contributed by atoms with Gasteiger partial charge in [0, 0.05) is 49.6 Å². The minimum Gasteiger partial charge on any atom is -0.451 e. The van der Waals surface area contributed by atoms with Gasteiger partial charge in [0.25, 0.3) is 5.91 Å². The van der Waals surface area contributed by atoms with Gasteiger partial charge in [0.05, 0.1) is 0 Å². The highest BCUT2D eigenvalue weighted by Crippen LogP contribution is 2.22. The maximum Gasteiger partial charge on any atom is 0.289 e. The van der Waals surface area contributed by atoms with Crippen LogP contribution in [0.4, 0.5) is 17.3 Å². The van der Waals surface area contributed by atoms with Gasteiger partial charge in [-0.15, -0.1) is 10.2 Å². The first-order valence-corrected chi connectivity index (χ1v) is 9.80. The van der Waals surface area contributed by atoms with E-state index < -0.39 is 0 Å². The van der Waals surface area contributed by atoms with Crippen LogP contribution in [-0.4, -0.2) is 52.2 Å². The highest BCUT2D eigenvalue weighted by atomic mass is 16.3. The number of aromatic nitrogens is 3. The summed E-state index contributed by atoms with van der Waals surface area (Å²) in [4.78, 5) is 20.7. The number of nitrogens with zero attached hydrogens (tertiary/aromatic N) is 5. The molecule has 0 spiro atoms. The second-order valence-corrected chi connectivity index (χ2v) is 7.07. The van der Waals surface area contributed by atoms with E-state index in [-0.39, 0.29) is 5.91 Å². The number of hydrogen-bond donors (Lipinski definition) is 1. The highest BCUT2D eigenvalue weighted by Gasteiger charge is 2.25. The van der Waals surface area contributed by atoms with E-state index in [0.29, 0.717) is 37.8 Å². The van der Waals surface area contributed by atoms with Crippen LogP contribution >= 0.6 is 0 Å². The normalized spacial score (nSPS) is 14.1. The number of amides is 1. The predicted octanol–water partition coefficient (Wildman–Crippen LogP) is 3.32. The van der Waals surface area contributed by atoms with Gasteiger partial charge in [0.15, 0.2) is 17.4 Å². The number of para-hydroxylation sites is 1. The van der Waals surface area contributed by atoms with Gasteiger partial charge in [0.2, 0.25) is 0 Å². The van der Waals surface area contributed by atoms with E-state index >= 15 is 0 Å². The Bertz CT molecular complexity index is 1120. The van der Waals surface area contributed by atoms with Crippen LogP contribution in [0.25, 0.3) is 11.0 Å². The van der Waals surface area contributed by atoms with Gasteiger partial charge in [-0.25, -0.2) is 0 Å². The molecule has 0 atom stereocenters. The van der Waals surface area contributed by atoms with Gasteiger partial charge in [0.1, 0.15) is 5.58 Å². The van der Waals surface area contributed by atoms with Crippen LogP contribution in [0.3, 0.4) is 0 Å². The monoisotopic (exact) mass is 400 g/mol. The molecule has 3 aromatic heterocycles. The average Bonchev–Trinajstić information content (AvgIpc) is 3.24. The van der Waals surface area contributed by atoms with E-state index in [2.05, 4.69) is 25.4 Å². The van der Waals surface area contributed by atoms with Crippen molar-refractivity contribution in [1.82, 2.24) is 20.1 Å². The van der Waals surface area contributed by atoms with Crippen molar-refractivity contribution in [1.29, 1.82) is 0 Å². The summed E-state index contributed by atoms with van der Waals surface area (Å²) in [5.41, 5.74) is 1.64. The third kappa shape index (κ3) is 3.67. The Kier molecular flexibility index (Phi) is 4.72. The summed E-state index contributed by atoms with van der Waals surface area (Å²) in [5.74, 6) is 1.78. The number of hydrogen-bond acceptors (Lipinski definition) is 7. The smallest absolute Gasteiger partial charge is 0.289 e. The summed E-state index contributed by atoms with van der Waals surface area (Å²) in [7, 11) is 0. The van der Waals surface area contributed by atoms with Crippen molar-refractivity contribution in [3.05, 3.63) is 72.8 Å². The topological polar surface area (TPSA) is 87.4 Å². The Morgan fingerprint density at radius 2 is 1.73 bits per heavy atom. The van der Waals surface area contributed by atoms with E-state index in [1.165, 1.54) is 0 Å². The van der Waals surface area contributed by atoms with Gasteiger partial charge in [-0.05, 0) is 36.4 Å². The summed E-state index contributed by atoms with van der Waals surface area (Å²) in [6.07, 6.45) is 3.44. The second-order valence-electron chi connectivity index (χ2n) is 7.07. The number of carbonyl (C=O) groups excluding carboxylic acids is 1. The lowest BCUT2D eigenvalue weighted by Crippen LogP contribution is -2.49. The van der Waals surface area contributed by atoms with Crippen molar-refractivity contribution in [2.24, 2.45) is 0 Å². The number of piperazine rings is 1. The van der Waals surface area contributed by atoms with Gasteiger partial charge in [-0.2, -0.15) is 0 Å². The molecule has 150 valence electrons. The molecule has 0 radical (unpaired) electrons. The number of pyridine rings is 1. The Morgan fingerprint density at radius 1 is 0.933 bits per heavy atom. The van der Waals surface area contributed by atoms with Crippen molar-refractivity contribution in [2.45, 2.75) is 0 Å². The van der Waals surface area contributed by atoms with Crippen LogP contribution in [0.2, 0.25) is 0 Å². The molecule has 1 aliphatic rings. The number of benzene rings is 1. The molecular formula is C22H20N6O2. The fraction of sp³-hybridized carbons (Fsp3) is 0.182. The molecule has 5 rings (SSSR count). The van der Waals surface area contributed by atoms with E-state index in [4.69, 9.17) is 4.42 Å². The van der Waals surface area contributed by atoms with E-state index in [0.717, 1.165) is 22.5 Å². The number of furan rings is 1. The van der Waals surface area contributed by atoms with Gasteiger partial charge in [-0.1, -0.05) is 18.2 Å². The quantitative estimate of drug-likeness (QED) is 0.562. The fourth-order valence-electron chi connectivity index (χ4n) is 3.53. The van der Waals surface area contributed by atoms with Gasteiger partial charge in [-0.3, -0.25) is 9.78 Å². The largest absolute Gasteiger partial charge is 0.451 e. The standard InChI is InChI=1S/C22H20N6O2/c29-22(19-15-16-3-1-2-4-18(16)30-19)28-13-11-27(12-14-28)21-6-5-20(25-26-21)24-17-7-9-23-10-8-17/h1-10,15H,11-14H2,(H,23,24,25). The number of nitrogens with one attached hydrogen (secondary N) is 1. The summed E-state index contributed by atoms with van der Waals surface area (Å²) < 4.78 is 5.72. The van der Waals surface area contributed by atoms with Crippen molar-refractivity contribution >= 4 is 34.2 Å². The maximum absolute atomic E-state index is 12.8. The minimum atomic E-state index is -0.0752. The first-order chi connectivity index (χ1) is 14.8. The second kappa shape index (κ2) is 7.82. The molecule has 8 nitrogen and oxygen atoms in total. The van der Waals surface area contributed by atoms with Crippen molar-refractivity contribution in [3.8, 4) is 0 Å². The molecule has 0 unspecified atom stereocenters. The molecule has 1 amide bonds. The van der Waals surface area contributed by atoms with E-state index in [1.807, 2.05) is 59.5 Å². The zero-order valence-electron chi connectivity index (χ0n) is 16.2. The molecule has 1 saturated heterocycles. The highest BCUT2D eigenvalue weighted by molar-refractivity contribution is 5.96. The summed E-state index contributed by atoms with van der Waals surface area (Å²) in [6.45, 7) is 2.60. The van der Waals surface area contributed by atoms with E-state index in [9.17, 15) is 4.79 Å². The van der Waals surface area contributed by atoms with Crippen LogP contribution in [0.1, 0.15) is 10.6 Å². The number of anilines is 3.